The molecule has 0 radical (unpaired) electrons. The van der Waals surface area contributed by atoms with E-state index in [1.165, 1.54) is 0 Å². The summed E-state index contributed by atoms with van der Waals surface area (Å²) in [6, 6.07) is 6.02. The third-order valence-electron chi connectivity index (χ3n) is 2.93. The summed E-state index contributed by atoms with van der Waals surface area (Å²) in [4.78, 5) is 14.3. The minimum Gasteiger partial charge on any atom is -0.371 e. The molecular formula is C13H16BrNO. The molecule has 2 rings (SSSR count). The molecule has 0 saturated heterocycles. The second-order valence-corrected chi connectivity index (χ2v) is 5.09. The van der Waals surface area contributed by atoms with Crippen molar-refractivity contribution in [1.29, 1.82) is 0 Å². The first-order valence-corrected chi connectivity index (χ1v) is 6.59. The number of halogens is 1. The van der Waals surface area contributed by atoms with Gasteiger partial charge in [-0.3, -0.25) is 4.79 Å². The molecular weight excluding hydrogens is 266 g/mol. The summed E-state index contributed by atoms with van der Waals surface area (Å²) in [5, 5.41) is 0. The second kappa shape index (κ2) is 5.00. The van der Waals surface area contributed by atoms with Crippen molar-refractivity contribution in [2.45, 2.75) is 26.2 Å². The first kappa shape index (κ1) is 11.6. The molecule has 1 aliphatic rings. The van der Waals surface area contributed by atoms with E-state index in [1.807, 2.05) is 12.1 Å². The molecule has 0 bridgehead atoms. The molecule has 16 heavy (non-hydrogen) atoms. The number of nitrogens with zero attached hydrogens (tertiary/aromatic N) is 1. The van der Waals surface area contributed by atoms with Crippen LogP contribution in [-0.2, 0) is 0 Å². The van der Waals surface area contributed by atoms with Crippen molar-refractivity contribution >= 4 is 27.4 Å². The van der Waals surface area contributed by atoms with Gasteiger partial charge in [0.25, 0.3) is 0 Å². The zero-order chi connectivity index (χ0) is 11.5. The largest absolute Gasteiger partial charge is 0.371 e. The Morgan fingerprint density at radius 3 is 3.00 bits per heavy atom. The van der Waals surface area contributed by atoms with Crippen LogP contribution in [0.5, 0.6) is 0 Å². The van der Waals surface area contributed by atoms with Crippen molar-refractivity contribution in [1.82, 2.24) is 0 Å². The smallest absolute Gasteiger partial charge is 0.165 e. The highest BCUT2D eigenvalue weighted by Crippen LogP contribution is 2.29. The van der Waals surface area contributed by atoms with Crippen LogP contribution in [0.4, 0.5) is 5.69 Å². The van der Waals surface area contributed by atoms with Gasteiger partial charge in [0.2, 0.25) is 0 Å². The molecule has 0 atom stereocenters. The third kappa shape index (κ3) is 2.29. The van der Waals surface area contributed by atoms with Gasteiger partial charge in [0.15, 0.2) is 5.78 Å². The average Bonchev–Trinajstić information content (AvgIpc) is 2.41. The predicted molar refractivity (Wildman–Crippen MR) is 70.2 cm³/mol. The average molecular weight is 282 g/mol. The van der Waals surface area contributed by atoms with Crippen LogP contribution in [0.3, 0.4) is 0 Å². The lowest BCUT2D eigenvalue weighted by Gasteiger charge is -2.23. The van der Waals surface area contributed by atoms with E-state index in [0.717, 1.165) is 41.7 Å². The molecule has 0 aromatic heterocycles. The highest BCUT2D eigenvalue weighted by atomic mass is 79.9. The number of hydrogen-bond acceptors (Lipinski definition) is 2. The molecule has 0 saturated carbocycles. The van der Waals surface area contributed by atoms with Gasteiger partial charge in [-0.2, -0.15) is 0 Å². The summed E-state index contributed by atoms with van der Waals surface area (Å²) in [5.74, 6) is 0.273. The molecule has 1 aromatic rings. The molecule has 2 nitrogen and oxygen atoms in total. The van der Waals surface area contributed by atoms with Gasteiger partial charge in [-0.1, -0.05) is 22.9 Å². The Morgan fingerprint density at radius 1 is 1.44 bits per heavy atom. The molecule has 0 spiro atoms. The summed E-state index contributed by atoms with van der Waals surface area (Å²) in [5.41, 5.74) is 1.98. The van der Waals surface area contributed by atoms with Gasteiger partial charge in [-0.15, -0.1) is 0 Å². The Bertz CT molecular complexity index is 403. The zero-order valence-electron chi connectivity index (χ0n) is 9.50. The van der Waals surface area contributed by atoms with Crippen molar-refractivity contribution in [3.05, 3.63) is 28.2 Å². The first-order valence-electron chi connectivity index (χ1n) is 5.80. The third-order valence-corrected chi connectivity index (χ3v) is 3.42. The number of ketones is 1. The minimum atomic E-state index is 0.273. The van der Waals surface area contributed by atoms with E-state index >= 15 is 0 Å². The van der Waals surface area contributed by atoms with Crippen molar-refractivity contribution in [2.24, 2.45) is 0 Å². The fraction of sp³-hybridized carbons (Fsp3) is 0.462. The van der Waals surface area contributed by atoms with E-state index in [9.17, 15) is 4.79 Å². The number of Topliss-reactive ketones (excluding diaryl/α,β-unsaturated/α-hetero) is 1. The quantitative estimate of drug-likeness (QED) is 0.825. The number of benzene rings is 1. The lowest BCUT2D eigenvalue weighted by Crippen LogP contribution is -2.24. The maximum atomic E-state index is 12.0. The van der Waals surface area contributed by atoms with Gasteiger partial charge in [0, 0.05) is 35.2 Å². The number of rotatable bonds is 2. The normalized spacial score (nSPS) is 15.9. The van der Waals surface area contributed by atoms with Gasteiger partial charge in [0.05, 0.1) is 0 Å². The molecule has 3 heteroatoms. The number of hydrogen-bond donors (Lipinski definition) is 0. The number of fused-ring (bicyclic) bond motifs is 1. The van der Waals surface area contributed by atoms with Gasteiger partial charge >= 0.3 is 0 Å². The summed E-state index contributed by atoms with van der Waals surface area (Å²) < 4.78 is 0.984. The fourth-order valence-corrected chi connectivity index (χ4v) is 2.56. The van der Waals surface area contributed by atoms with Crippen molar-refractivity contribution in [2.75, 3.05) is 18.0 Å². The van der Waals surface area contributed by atoms with Crippen molar-refractivity contribution in [3.63, 3.8) is 0 Å². The lowest BCUT2D eigenvalue weighted by atomic mass is 10.1. The minimum absolute atomic E-state index is 0.273. The van der Waals surface area contributed by atoms with Crippen LogP contribution in [0.1, 0.15) is 36.5 Å². The Balaban J connectivity index is 2.43. The van der Waals surface area contributed by atoms with Crippen LogP contribution in [0.15, 0.2) is 22.7 Å². The topological polar surface area (TPSA) is 20.3 Å². The Hall–Kier alpha value is -0.830. The van der Waals surface area contributed by atoms with Gasteiger partial charge < -0.3 is 4.90 Å². The van der Waals surface area contributed by atoms with Gasteiger partial charge in [-0.05, 0) is 31.0 Å². The zero-order valence-corrected chi connectivity index (χ0v) is 11.1. The van der Waals surface area contributed by atoms with Crippen LogP contribution in [-0.4, -0.2) is 18.9 Å². The highest BCUT2D eigenvalue weighted by molar-refractivity contribution is 9.10. The molecule has 0 N–H and O–H groups in total. The fourth-order valence-electron chi connectivity index (χ4n) is 2.20. The molecule has 0 unspecified atom stereocenters. The van der Waals surface area contributed by atoms with E-state index in [2.05, 4.69) is 33.8 Å². The van der Waals surface area contributed by atoms with Crippen molar-refractivity contribution in [3.8, 4) is 0 Å². The molecule has 1 heterocycles. The Kier molecular flexibility index (Phi) is 3.64. The predicted octanol–water partition coefficient (Wildman–Crippen LogP) is 3.64. The molecule has 1 aliphatic heterocycles. The summed E-state index contributed by atoms with van der Waals surface area (Å²) in [7, 11) is 0. The van der Waals surface area contributed by atoms with Crippen LogP contribution in [0.2, 0.25) is 0 Å². The van der Waals surface area contributed by atoms with Crippen LogP contribution in [0.25, 0.3) is 0 Å². The summed E-state index contributed by atoms with van der Waals surface area (Å²) in [6.07, 6.45) is 2.75. The maximum absolute atomic E-state index is 12.0. The van der Waals surface area contributed by atoms with Crippen molar-refractivity contribution < 1.29 is 4.79 Å². The number of carbonyl (C=O) groups excluding carboxylic acids is 1. The van der Waals surface area contributed by atoms with Crippen LogP contribution < -0.4 is 4.90 Å². The van der Waals surface area contributed by atoms with Crippen LogP contribution in [0, 0.1) is 0 Å². The van der Waals surface area contributed by atoms with E-state index in [4.69, 9.17) is 0 Å². The summed E-state index contributed by atoms with van der Waals surface area (Å²) >= 11 is 3.43. The first-order chi connectivity index (χ1) is 7.72. The molecule has 0 amide bonds. The standard InChI is InChI=1S/C13H16BrNO/c1-2-7-15-8-3-4-13(16)11-9-10(14)5-6-12(11)15/h5-6,9H,2-4,7-8H2,1H3. The molecule has 1 aromatic carbocycles. The van der Waals surface area contributed by atoms with E-state index in [-0.39, 0.29) is 5.78 Å². The summed E-state index contributed by atoms with van der Waals surface area (Å²) in [6.45, 7) is 4.20. The lowest BCUT2D eigenvalue weighted by molar-refractivity contribution is 0.0983. The second-order valence-electron chi connectivity index (χ2n) is 4.18. The van der Waals surface area contributed by atoms with E-state index in [0.29, 0.717) is 6.42 Å². The molecule has 0 fully saturated rings. The molecule has 0 aliphatic carbocycles. The van der Waals surface area contributed by atoms with Gasteiger partial charge in [0.1, 0.15) is 0 Å². The number of anilines is 1. The Morgan fingerprint density at radius 2 is 2.25 bits per heavy atom. The van der Waals surface area contributed by atoms with Gasteiger partial charge in [-0.25, -0.2) is 0 Å². The highest BCUT2D eigenvalue weighted by Gasteiger charge is 2.20. The van der Waals surface area contributed by atoms with E-state index in [1.54, 1.807) is 0 Å². The van der Waals surface area contributed by atoms with E-state index < -0.39 is 0 Å². The Labute approximate surface area is 105 Å². The maximum Gasteiger partial charge on any atom is 0.165 e. The SMILES string of the molecule is CCCN1CCCC(=O)c2cc(Br)ccc21. The molecule has 86 valence electrons. The number of carbonyl (C=O) groups is 1. The monoisotopic (exact) mass is 281 g/mol. The van der Waals surface area contributed by atoms with Crippen LogP contribution >= 0.6 is 15.9 Å².